The molecular weight excluding hydrogens is 368 g/mol. The van der Waals surface area contributed by atoms with Gasteiger partial charge in [0.15, 0.2) is 0 Å². The number of carbonyl (C=O) groups excluding carboxylic acids is 2. The van der Waals surface area contributed by atoms with Crippen LogP contribution in [0.25, 0.3) is 6.08 Å². The van der Waals surface area contributed by atoms with Crippen molar-refractivity contribution < 1.29 is 18.7 Å². The quantitative estimate of drug-likeness (QED) is 0.586. The molecule has 6 nitrogen and oxygen atoms in total. The molecule has 2 aromatic carbocycles. The van der Waals surface area contributed by atoms with E-state index in [0.29, 0.717) is 29.4 Å². The Morgan fingerprint density at radius 2 is 1.76 bits per heavy atom. The lowest BCUT2D eigenvalue weighted by Gasteiger charge is -2.11. The summed E-state index contributed by atoms with van der Waals surface area (Å²) in [4.78, 5) is 25.4. The van der Waals surface area contributed by atoms with Crippen LogP contribution >= 0.6 is 0 Å². The van der Waals surface area contributed by atoms with E-state index < -0.39 is 5.91 Å². The van der Waals surface area contributed by atoms with Crippen LogP contribution in [-0.2, 0) is 4.79 Å². The van der Waals surface area contributed by atoms with E-state index >= 15 is 0 Å². The Bertz CT molecular complexity index is 988. The molecule has 0 bridgehead atoms. The van der Waals surface area contributed by atoms with Crippen molar-refractivity contribution in [3.05, 3.63) is 89.5 Å². The van der Waals surface area contributed by atoms with Crippen molar-refractivity contribution >= 4 is 23.6 Å². The summed E-state index contributed by atoms with van der Waals surface area (Å²) in [6.07, 6.45) is 2.98. The Hall–Kier alpha value is -3.80. The van der Waals surface area contributed by atoms with Gasteiger partial charge in [-0.3, -0.25) is 9.59 Å². The maximum Gasteiger partial charge on any atom is 0.272 e. The van der Waals surface area contributed by atoms with Crippen LogP contribution in [0.3, 0.4) is 0 Å². The highest BCUT2D eigenvalue weighted by atomic mass is 16.5. The first-order valence-corrected chi connectivity index (χ1v) is 9.22. The summed E-state index contributed by atoms with van der Waals surface area (Å²) in [5.41, 5.74) is 2.14. The summed E-state index contributed by atoms with van der Waals surface area (Å²) in [5.74, 6) is 0.311. The number of carbonyl (C=O) groups is 2. The van der Waals surface area contributed by atoms with Crippen LogP contribution in [0.2, 0.25) is 0 Å². The monoisotopic (exact) mass is 390 g/mol. The van der Waals surface area contributed by atoms with Crippen LogP contribution in [-0.4, -0.2) is 18.4 Å². The molecule has 3 rings (SSSR count). The highest BCUT2D eigenvalue weighted by Gasteiger charge is 2.15. The number of hydrogen-bond donors (Lipinski definition) is 2. The number of ether oxygens (including phenoxy) is 1. The molecule has 0 atom stereocenters. The van der Waals surface area contributed by atoms with Gasteiger partial charge >= 0.3 is 0 Å². The van der Waals surface area contributed by atoms with E-state index in [-0.39, 0.29) is 11.6 Å². The largest absolute Gasteiger partial charge is 0.494 e. The minimum absolute atomic E-state index is 0.0689. The van der Waals surface area contributed by atoms with Crippen molar-refractivity contribution in [1.82, 2.24) is 5.32 Å². The first kappa shape index (κ1) is 19.9. The second-order valence-electron chi connectivity index (χ2n) is 6.31. The van der Waals surface area contributed by atoms with Gasteiger partial charge in [-0.15, -0.1) is 0 Å². The maximum absolute atomic E-state index is 12.8. The van der Waals surface area contributed by atoms with Gasteiger partial charge in [-0.1, -0.05) is 17.7 Å². The van der Waals surface area contributed by atoms with Crippen LogP contribution < -0.4 is 15.4 Å². The van der Waals surface area contributed by atoms with E-state index in [1.165, 1.54) is 12.3 Å². The van der Waals surface area contributed by atoms with E-state index in [1.54, 1.807) is 48.5 Å². The highest BCUT2D eigenvalue weighted by Crippen LogP contribution is 2.17. The van der Waals surface area contributed by atoms with E-state index in [2.05, 4.69) is 10.6 Å². The average molecular weight is 390 g/mol. The smallest absolute Gasteiger partial charge is 0.272 e. The van der Waals surface area contributed by atoms with E-state index in [4.69, 9.17) is 9.15 Å². The molecule has 0 unspecified atom stereocenters. The third-order valence-corrected chi connectivity index (χ3v) is 4.06. The predicted octanol–water partition coefficient (Wildman–Crippen LogP) is 4.40. The second-order valence-corrected chi connectivity index (χ2v) is 6.31. The predicted molar refractivity (Wildman–Crippen MR) is 112 cm³/mol. The van der Waals surface area contributed by atoms with Gasteiger partial charge in [0, 0.05) is 17.3 Å². The highest BCUT2D eigenvalue weighted by molar-refractivity contribution is 6.10. The molecule has 0 radical (unpaired) electrons. The fourth-order valence-electron chi connectivity index (χ4n) is 2.57. The number of benzene rings is 2. The van der Waals surface area contributed by atoms with Crippen LogP contribution in [0.5, 0.6) is 5.75 Å². The van der Waals surface area contributed by atoms with E-state index in [9.17, 15) is 9.59 Å². The fourth-order valence-corrected chi connectivity index (χ4v) is 2.57. The topological polar surface area (TPSA) is 80.6 Å². The molecule has 1 aromatic heterocycles. The number of amides is 2. The Labute approximate surface area is 169 Å². The first-order valence-electron chi connectivity index (χ1n) is 9.22. The molecule has 0 fully saturated rings. The molecule has 0 spiro atoms. The zero-order valence-corrected chi connectivity index (χ0v) is 16.3. The van der Waals surface area contributed by atoms with Gasteiger partial charge < -0.3 is 19.8 Å². The van der Waals surface area contributed by atoms with Gasteiger partial charge in [0.1, 0.15) is 17.2 Å². The van der Waals surface area contributed by atoms with Crippen molar-refractivity contribution in [2.75, 3.05) is 11.9 Å². The minimum atomic E-state index is -0.467. The number of anilines is 1. The third-order valence-electron chi connectivity index (χ3n) is 4.06. The summed E-state index contributed by atoms with van der Waals surface area (Å²) >= 11 is 0. The Morgan fingerprint density at radius 3 is 2.38 bits per heavy atom. The van der Waals surface area contributed by atoms with Crippen LogP contribution in [0.4, 0.5) is 5.69 Å². The molecule has 29 heavy (non-hydrogen) atoms. The minimum Gasteiger partial charge on any atom is -0.494 e. The molecule has 148 valence electrons. The molecule has 1 heterocycles. The van der Waals surface area contributed by atoms with Gasteiger partial charge in [-0.05, 0) is 62.4 Å². The van der Waals surface area contributed by atoms with Gasteiger partial charge in [0.25, 0.3) is 11.8 Å². The number of hydrogen-bond acceptors (Lipinski definition) is 4. The molecule has 0 aliphatic heterocycles. The molecule has 0 aliphatic rings. The number of nitrogens with one attached hydrogen (secondary N) is 2. The van der Waals surface area contributed by atoms with Crippen molar-refractivity contribution in [1.29, 1.82) is 0 Å². The molecule has 0 saturated heterocycles. The lowest BCUT2D eigenvalue weighted by Crippen LogP contribution is -2.30. The zero-order valence-electron chi connectivity index (χ0n) is 16.3. The van der Waals surface area contributed by atoms with Crippen LogP contribution in [0.1, 0.15) is 28.6 Å². The standard InChI is InChI=1S/C23H22N2O4/c1-3-28-19-12-10-18(11-13-19)24-23(27)21(15-20-5-4-14-29-20)25-22(26)17-8-6-16(2)7-9-17/h4-15H,3H2,1-2H3,(H,24,27)(H,25,26). The summed E-state index contributed by atoms with van der Waals surface area (Å²) in [7, 11) is 0. The van der Waals surface area contributed by atoms with Crippen LogP contribution in [0, 0.1) is 6.92 Å². The van der Waals surface area contributed by atoms with Gasteiger partial charge in [-0.25, -0.2) is 0 Å². The zero-order chi connectivity index (χ0) is 20.6. The number of furan rings is 1. The summed E-state index contributed by atoms with van der Waals surface area (Å²) < 4.78 is 10.7. The maximum atomic E-state index is 12.8. The fraction of sp³-hybridized carbons (Fsp3) is 0.130. The molecule has 2 amide bonds. The Balaban J connectivity index is 1.78. The van der Waals surface area contributed by atoms with Crippen molar-refractivity contribution in [2.45, 2.75) is 13.8 Å². The lowest BCUT2D eigenvalue weighted by molar-refractivity contribution is -0.113. The lowest BCUT2D eigenvalue weighted by atomic mass is 10.1. The molecular formula is C23H22N2O4. The molecule has 2 N–H and O–H groups in total. The summed E-state index contributed by atoms with van der Waals surface area (Å²) in [5, 5.41) is 5.44. The van der Waals surface area contributed by atoms with E-state index in [1.807, 2.05) is 26.0 Å². The summed E-state index contributed by atoms with van der Waals surface area (Å²) in [6.45, 7) is 4.40. The molecule has 3 aromatic rings. The van der Waals surface area contributed by atoms with Crippen LogP contribution in [0.15, 0.2) is 77.0 Å². The Kier molecular flexibility index (Phi) is 6.47. The van der Waals surface area contributed by atoms with Crippen molar-refractivity contribution in [3.8, 4) is 5.75 Å². The SMILES string of the molecule is CCOc1ccc(NC(=O)C(=Cc2ccco2)NC(=O)c2ccc(C)cc2)cc1. The molecule has 0 saturated carbocycles. The summed E-state index contributed by atoms with van der Waals surface area (Å²) in [6, 6.07) is 17.5. The third kappa shape index (κ3) is 5.59. The normalized spacial score (nSPS) is 11.0. The van der Waals surface area contributed by atoms with E-state index in [0.717, 1.165) is 5.56 Å². The van der Waals surface area contributed by atoms with Crippen molar-refractivity contribution in [3.63, 3.8) is 0 Å². The Morgan fingerprint density at radius 1 is 1.03 bits per heavy atom. The second kappa shape index (κ2) is 9.41. The number of rotatable bonds is 7. The molecule has 6 heteroatoms. The molecule has 0 aliphatic carbocycles. The van der Waals surface area contributed by atoms with Gasteiger partial charge in [0.05, 0.1) is 12.9 Å². The van der Waals surface area contributed by atoms with Gasteiger partial charge in [0.2, 0.25) is 0 Å². The first-order chi connectivity index (χ1) is 14.0. The van der Waals surface area contributed by atoms with Gasteiger partial charge in [-0.2, -0.15) is 0 Å². The van der Waals surface area contributed by atoms with Crippen molar-refractivity contribution in [2.24, 2.45) is 0 Å². The average Bonchev–Trinajstić information content (AvgIpc) is 3.23. The number of aryl methyl sites for hydroxylation is 1.